The van der Waals surface area contributed by atoms with E-state index in [1.54, 1.807) is 6.07 Å². The first-order valence-corrected chi connectivity index (χ1v) is 7.10. The number of nitrogens with one attached hydrogen (secondary N) is 1. The Balaban J connectivity index is 2.57. The Morgan fingerprint density at radius 2 is 2.22 bits per heavy atom. The molecule has 3 nitrogen and oxygen atoms in total. The third-order valence-electron chi connectivity index (χ3n) is 3.03. The minimum atomic E-state index is -0.468. The van der Waals surface area contributed by atoms with Crippen molar-refractivity contribution < 1.29 is 4.79 Å². The molecule has 1 aromatic rings. The minimum Gasteiger partial charge on any atom is -0.351 e. The lowest BCUT2D eigenvalue weighted by molar-refractivity contribution is -0.123. The number of benzene rings is 1. The number of hydrogen-bond donors (Lipinski definition) is 2. The van der Waals surface area contributed by atoms with Crippen LogP contribution in [-0.2, 0) is 11.3 Å². The second kappa shape index (κ2) is 7.12. The molecule has 0 aliphatic rings. The van der Waals surface area contributed by atoms with Gasteiger partial charge >= 0.3 is 0 Å². The van der Waals surface area contributed by atoms with Crippen molar-refractivity contribution in [2.24, 2.45) is 11.7 Å². The molecular formula is C13H18BrClN2O. The summed E-state index contributed by atoms with van der Waals surface area (Å²) in [5.74, 6) is 0.0359. The van der Waals surface area contributed by atoms with E-state index in [2.05, 4.69) is 21.2 Å². The monoisotopic (exact) mass is 332 g/mol. The maximum Gasteiger partial charge on any atom is 0.237 e. The third kappa shape index (κ3) is 4.26. The van der Waals surface area contributed by atoms with Crippen LogP contribution in [0.3, 0.4) is 0 Å². The van der Waals surface area contributed by atoms with Crippen LogP contribution in [0.15, 0.2) is 22.7 Å². The molecule has 2 atom stereocenters. The van der Waals surface area contributed by atoms with Gasteiger partial charge in [0.25, 0.3) is 0 Å². The van der Waals surface area contributed by atoms with Gasteiger partial charge in [0.1, 0.15) is 0 Å². The molecule has 3 N–H and O–H groups in total. The predicted octanol–water partition coefficient (Wildman–Crippen LogP) is 3.09. The molecule has 0 aromatic heterocycles. The molecule has 0 aliphatic heterocycles. The second-order valence-corrected chi connectivity index (χ2v) is 5.69. The van der Waals surface area contributed by atoms with Gasteiger partial charge in [-0.25, -0.2) is 0 Å². The summed E-state index contributed by atoms with van der Waals surface area (Å²) in [7, 11) is 0. The fourth-order valence-corrected chi connectivity index (χ4v) is 2.22. The second-order valence-electron chi connectivity index (χ2n) is 4.36. The van der Waals surface area contributed by atoms with Crippen LogP contribution >= 0.6 is 27.5 Å². The van der Waals surface area contributed by atoms with Crippen LogP contribution in [0, 0.1) is 5.92 Å². The van der Waals surface area contributed by atoms with Crippen molar-refractivity contribution in [2.75, 3.05) is 0 Å². The first kappa shape index (κ1) is 15.5. The predicted molar refractivity (Wildman–Crippen MR) is 78.4 cm³/mol. The molecule has 1 rings (SSSR count). The molecule has 0 radical (unpaired) electrons. The molecule has 0 saturated heterocycles. The van der Waals surface area contributed by atoms with Crippen LogP contribution in [0.4, 0.5) is 0 Å². The molecule has 5 heteroatoms. The van der Waals surface area contributed by atoms with E-state index in [1.807, 2.05) is 26.0 Å². The van der Waals surface area contributed by atoms with Gasteiger partial charge in [0.15, 0.2) is 0 Å². The lowest BCUT2D eigenvalue weighted by atomic mass is 9.99. The summed E-state index contributed by atoms with van der Waals surface area (Å²) >= 11 is 9.41. The van der Waals surface area contributed by atoms with Crippen LogP contribution in [0.2, 0.25) is 5.02 Å². The smallest absolute Gasteiger partial charge is 0.237 e. The normalized spacial score (nSPS) is 14.1. The number of amides is 1. The third-order valence-corrected chi connectivity index (χ3v) is 3.87. The number of carbonyl (C=O) groups excluding carboxylic acids is 1. The molecule has 0 saturated carbocycles. The molecule has 0 bridgehead atoms. The van der Waals surface area contributed by atoms with E-state index in [9.17, 15) is 4.79 Å². The molecule has 2 unspecified atom stereocenters. The maximum atomic E-state index is 11.8. The summed E-state index contributed by atoms with van der Waals surface area (Å²) in [4.78, 5) is 11.8. The van der Waals surface area contributed by atoms with Gasteiger partial charge in [-0.05, 0) is 23.6 Å². The van der Waals surface area contributed by atoms with Crippen LogP contribution in [-0.4, -0.2) is 11.9 Å². The largest absolute Gasteiger partial charge is 0.351 e. The zero-order valence-electron chi connectivity index (χ0n) is 10.5. The Labute approximate surface area is 121 Å². The summed E-state index contributed by atoms with van der Waals surface area (Å²) in [5.41, 5.74) is 6.72. The molecule has 0 heterocycles. The number of rotatable bonds is 5. The highest BCUT2D eigenvalue weighted by Crippen LogP contribution is 2.21. The lowest BCUT2D eigenvalue weighted by Gasteiger charge is -2.18. The van der Waals surface area contributed by atoms with Crippen LogP contribution in [0.25, 0.3) is 0 Å². The van der Waals surface area contributed by atoms with E-state index in [4.69, 9.17) is 17.3 Å². The quantitative estimate of drug-likeness (QED) is 0.870. The summed E-state index contributed by atoms with van der Waals surface area (Å²) in [6.07, 6.45) is 0.883. The number of nitrogens with two attached hydrogens (primary N) is 1. The van der Waals surface area contributed by atoms with E-state index in [-0.39, 0.29) is 11.8 Å². The van der Waals surface area contributed by atoms with Crippen molar-refractivity contribution in [1.29, 1.82) is 0 Å². The summed E-state index contributed by atoms with van der Waals surface area (Å²) < 4.78 is 0.916. The van der Waals surface area contributed by atoms with Gasteiger partial charge in [-0.3, -0.25) is 4.79 Å². The standard InChI is InChI=1S/C13H18BrClN2O/c1-3-8(2)12(16)13(18)17-7-9-4-5-10(14)6-11(9)15/h4-6,8,12H,3,7,16H2,1-2H3,(H,17,18). The fraction of sp³-hybridized carbons (Fsp3) is 0.462. The molecule has 0 spiro atoms. The number of carbonyl (C=O) groups is 1. The fourth-order valence-electron chi connectivity index (χ4n) is 1.48. The molecule has 100 valence electrons. The van der Waals surface area contributed by atoms with Gasteiger partial charge in [-0.15, -0.1) is 0 Å². The van der Waals surface area contributed by atoms with E-state index in [0.717, 1.165) is 16.5 Å². The minimum absolute atomic E-state index is 0.136. The van der Waals surface area contributed by atoms with Crippen molar-refractivity contribution in [2.45, 2.75) is 32.9 Å². The Bertz CT molecular complexity index is 425. The van der Waals surface area contributed by atoms with Crippen molar-refractivity contribution in [3.05, 3.63) is 33.3 Å². The summed E-state index contributed by atoms with van der Waals surface area (Å²) in [6, 6.07) is 5.10. The van der Waals surface area contributed by atoms with Crippen molar-refractivity contribution in [3.8, 4) is 0 Å². The van der Waals surface area contributed by atoms with Gasteiger partial charge in [0, 0.05) is 16.0 Å². The Kier molecular flexibility index (Phi) is 6.12. The van der Waals surface area contributed by atoms with Crippen LogP contribution in [0.1, 0.15) is 25.8 Å². The van der Waals surface area contributed by atoms with Gasteiger partial charge in [-0.2, -0.15) is 0 Å². The van der Waals surface area contributed by atoms with Crippen LogP contribution in [0.5, 0.6) is 0 Å². The maximum absolute atomic E-state index is 11.8. The molecule has 0 aliphatic carbocycles. The van der Waals surface area contributed by atoms with Crippen molar-refractivity contribution in [3.63, 3.8) is 0 Å². The summed E-state index contributed by atoms with van der Waals surface area (Å²) in [6.45, 7) is 4.38. The van der Waals surface area contributed by atoms with Crippen LogP contribution < -0.4 is 11.1 Å². The number of halogens is 2. The topological polar surface area (TPSA) is 55.1 Å². The molecule has 1 aromatic carbocycles. The van der Waals surface area contributed by atoms with E-state index >= 15 is 0 Å². The zero-order chi connectivity index (χ0) is 13.7. The van der Waals surface area contributed by atoms with E-state index < -0.39 is 6.04 Å². The average Bonchev–Trinajstić information content (AvgIpc) is 2.35. The van der Waals surface area contributed by atoms with E-state index in [1.165, 1.54) is 0 Å². The Morgan fingerprint density at radius 3 is 2.78 bits per heavy atom. The Morgan fingerprint density at radius 1 is 1.56 bits per heavy atom. The highest BCUT2D eigenvalue weighted by Gasteiger charge is 2.19. The SMILES string of the molecule is CCC(C)C(N)C(=O)NCc1ccc(Br)cc1Cl. The summed E-state index contributed by atoms with van der Waals surface area (Å²) in [5, 5.41) is 3.44. The Hall–Kier alpha value is -0.580. The van der Waals surface area contributed by atoms with Gasteiger partial charge in [0.05, 0.1) is 6.04 Å². The number of hydrogen-bond acceptors (Lipinski definition) is 2. The average molecular weight is 334 g/mol. The molecular weight excluding hydrogens is 316 g/mol. The van der Waals surface area contributed by atoms with Crippen molar-refractivity contribution in [1.82, 2.24) is 5.32 Å². The van der Waals surface area contributed by atoms with Gasteiger partial charge in [-0.1, -0.05) is 53.9 Å². The molecule has 1 amide bonds. The van der Waals surface area contributed by atoms with Gasteiger partial charge in [0.2, 0.25) is 5.91 Å². The van der Waals surface area contributed by atoms with Crippen molar-refractivity contribution >= 4 is 33.4 Å². The molecule has 18 heavy (non-hydrogen) atoms. The zero-order valence-corrected chi connectivity index (χ0v) is 12.9. The first-order chi connectivity index (χ1) is 8.45. The molecule has 0 fully saturated rings. The van der Waals surface area contributed by atoms with E-state index in [0.29, 0.717) is 11.6 Å². The lowest BCUT2D eigenvalue weighted by Crippen LogP contribution is -2.44. The highest BCUT2D eigenvalue weighted by molar-refractivity contribution is 9.10. The first-order valence-electron chi connectivity index (χ1n) is 5.93. The highest BCUT2D eigenvalue weighted by atomic mass is 79.9. The van der Waals surface area contributed by atoms with Gasteiger partial charge < -0.3 is 11.1 Å².